The van der Waals surface area contributed by atoms with Gasteiger partial charge in [-0.05, 0) is 31.2 Å². The molecule has 0 aliphatic carbocycles. The minimum Gasteiger partial charge on any atom is -0.356 e. The Hall–Kier alpha value is -3.75. The van der Waals surface area contributed by atoms with E-state index in [1.807, 2.05) is 0 Å². The molecule has 5 aromatic rings. The van der Waals surface area contributed by atoms with Crippen LogP contribution in [0.3, 0.4) is 0 Å². The van der Waals surface area contributed by atoms with Crippen LogP contribution in [0.1, 0.15) is 17.1 Å². The molecule has 144 valence electrons. The van der Waals surface area contributed by atoms with Gasteiger partial charge in [0.05, 0.1) is 11.2 Å². The van der Waals surface area contributed by atoms with Crippen LogP contribution in [0.2, 0.25) is 0 Å². The zero-order chi connectivity index (χ0) is 20.2. The van der Waals surface area contributed by atoms with E-state index in [0.717, 1.165) is 10.5 Å². The van der Waals surface area contributed by atoms with Crippen molar-refractivity contribution in [3.05, 3.63) is 77.8 Å². The molecule has 0 saturated heterocycles. The summed E-state index contributed by atoms with van der Waals surface area (Å²) >= 11 is 0. The summed E-state index contributed by atoms with van der Waals surface area (Å²) in [5.41, 5.74) is 0.817. The number of halogens is 3. The van der Waals surface area contributed by atoms with E-state index in [-0.39, 0.29) is 22.5 Å². The molecule has 0 amide bonds. The molecule has 6 nitrogen and oxygen atoms in total. The van der Waals surface area contributed by atoms with Crippen molar-refractivity contribution in [3.8, 4) is 11.3 Å². The van der Waals surface area contributed by atoms with Crippen molar-refractivity contribution in [3.63, 3.8) is 0 Å². The Labute approximate surface area is 161 Å². The van der Waals surface area contributed by atoms with Crippen molar-refractivity contribution < 1.29 is 17.7 Å². The van der Waals surface area contributed by atoms with Crippen LogP contribution in [0.15, 0.2) is 59.4 Å². The largest absolute Gasteiger partial charge is 0.356 e. The summed E-state index contributed by atoms with van der Waals surface area (Å²) in [7, 11) is 0. The van der Waals surface area contributed by atoms with E-state index in [0.29, 0.717) is 16.6 Å². The second kappa shape index (κ2) is 6.13. The highest BCUT2D eigenvalue weighted by molar-refractivity contribution is 5.79. The van der Waals surface area contributed by atoms with E-state index in [1.54, 1.807) is 31.3 Å². The fourth-order valence-corrected chi connectivity index (χ4v) is 3.20. The van der Waals surface area contributed by atoms with Crippen LogP contribution in [0.4, 0.5) is 13.2 Å². The zero-order valence-electron chi connectivity index (χ0n) is 15.0. The van der Waals surface area contributed by atoms with E-state index >= 15 is 8.78 Å². The van der Waals surface area contributed by atoms with Crippen LogP contribution >= 0.6 is 0 Å². The predicted molar refractivity (Wildman–Crippen MR) is 97.9 cm³/mol. The van der Waals surface area contributed by atoms with Gasteiger partial charge in [-0.3, -0.25) is 9.38 Å². The van der Waals surface area contributed by atoms with Crippen molar-refractivity contribution in [2.24, 2.45) is 0 Å². The van der Waals surface area contributed by atoms with Crippen molar-refractivity contribution in [1.82, 2.24) is 24.7 Å². The SMILES string of the molecule is Cc1cc(-c2cc(F)c3nnc(C(F)(F)c4ccc5ncccc5c4)n3c2)on1. The third-order valence-corrected chi connectivity index (χ3v) is 4.62. The summed E-state index contributed by atoms with van der Waals surface area (Å²) in [5.74, 6) is -4.77. The molecule has 5 rings (SSSR count). The average molecular weight is 395 g/mol. The molecule has 0 N–H and O–H groups in total. The number of nitrogens with zero attached hydrogens (tertiary/aromatic N) is 5. The number of pyridine rings is 2. The normalized spacial score (nSPS) is 12.1. The van der Waals surface area contributed by atoms with Crippen molar-refractivity contribution >= 4 is 16.6 Å². The predicted octanol–water partition coefficient (Wildman–Crippen LogP) is 4.52. The summed E-state index contributed by atoms with van der Waals surface area (Å²) in [4.78, 5) is 4.13. The summed E-state index contributed by atoms with van der Waals surface area (Å²) < 4.78 is 51.3. The first-order valence-corrected chi connectivity index (χ1v) is 8.65. The lowest BCUT2D eigenvalue weighted by atomic mass is 10.0. The highest BCUT2D eigenvalue weighted by Gasteiger charge is 2.40. The van der Waals surface area contributed by atoms with Crippen LogP contribution in [-0.4, -0.2) is 24.7 Å². The average Bonchev–Trinajstić information content (AvgIpc) is 3.34. The van der Waals surface area contributed by atoms with Gasteiger partial charge in [-0.25, -0.2) is 4.39 Å². The molecule has 29 heavy (non-hydrogen) atoms. The Bertz CT molecular complexity index is 1380. The third-order valence-electron chi connectivity index (χ3n) is 4.62. The number of aryl methyl sites for hydroxylation is 1. The molecule has 0 spiro atoms. The molecule has 0 radical (unpaired) electrons. The van der Waals surface area contributed by atoms with Gasteiger partial charge in [-0.2, -0.15) is 8.78 Å². The topological polar surface area (TPSA) is 69.1 Å². The lowest BCUT2D eigenvalue weighted by molar-refractivity contribution is 0.0319. The van der Waals surface area contributed by atoms with Gasteiger partial charge < -0.3 is 4.52 Å². The molecular weight excluding hydrogens is 383 g/mol. The minimum absolute atomic E-state index is 0.246. The number of benzene rings is 1. The van der Waals surface area contributed by atoms with E-state index < -0.39 is 17.6 Å². The lowest BCUT2D eigenvalue weighted by Gasteiger charge is -2.16. The maximum absolute atomic E-state index is 15.3. The first-order valence-electron chi connectivity index (χ1n) is 8.65. The summed E-state index contributed by atoms with van der Waals surface area (Å²) in [6, 6.07) is 10.2. The van der Waals surface area contributed by atoms with Gasteiger partial charge in [0.15, 0.2) is 17.2 Å². The maximum Gasteiger partial charge on any atom is 0.332 e. The third kappa shape index (κ3) is 2.74. The first kappa shape index (κ1) is 17.4. The molecule has 4 heterocycles. The highest BCUT2D eigenvalue weighted by Crippen LogP contribution is 2.36. The molecule has 0 fully saturated rings. The summed E-state index contributed by atoms with van der Waals surface area (Å²) in [5, 5.41) is 11.5. The van der Waals surface area contributed by atoms with Gasteiger partial charge in [0, 0.05) is 35.0 Å². The van der Waals surface area contributed by atoms with Gasteiger partial charge in [0.25, 0.3) is 0 Å². The fourth-order valence-electron chi connectivity index (χ4n) is 3.20. The van der Waals surface area contributed by atoms with Gasteiger partial charge in [0.2, 0.25) is 5.82 Å². The summed E-state index contributed by atoms with van der Waals surface area (Å²) in [6.45, 7) is 1.70. The molecule has 0 aliphatic heterocycles. The molecule has 0 atom stereocenters. The summed E-state index contributed by atoms with van der Waals surface area (Å²) in [6.07, 6.45) is 2.89. The molecule has 0 aliphatic rings. The van der Waals surface area contributed by atoms with Gasteiger partial charge >= 0.3 is 5.92 Å². The standard InChI is InChI=1S/C20H12F3N5O/c1-11-7-17(29-27-11)13-9-15(21)18-25-26-19(28(18)10-13)20(22,23)14-4-5-16-12(8-14)3-2-6-24-16/h2-10H,1H3. The minimum atomic E-state index is -3.52. The molecule has 0 bridgehead atoms. The van der Waals surface area contributed by atoms with Crippen molar-refractivity contribution in [2.75, 3.05) is 0 Å². The molecule has 0 unspecified atom stereocenters. The Morgan fingerprint density at radius 2 is 1.93 bits per heavy atom. The Balaban J connectivity index is 1.69. The van der Waals surface area contributed by atoms with E-state index in [2.05, 4.69) is 20.3 Å². The first-order chi connectivity index (χ1) is 13.9. The van der Waals surface area contributed by atoms with Crippen molar-refractivity contribution in [1.29, 1.82) is 0 Å². The van der Waals surface area contributed by atoms with Crippen molar-refractivity contribution in [2.45, 2.75) is 12.8 Å². The number of fused-ring (bicyclic) bond motifs is 2. The fraction of sp³-hybridized carbons (Fsp3) is 0.100. The van der Waals surface area contributed by atoms with Gasteiger partial charge in [-0.15, -0.1) is 10.2 Å². The Morgan fingerprint density at radius 3 is 2.72 bits per heavy atom. The highest BCUT2D eigenvalue weighted by atomic mass is 19.3. The molecule has 0 saturated carbocycles. The lowest BCUT2D eigenvalue weighted by Crippen LogP contribution is -2.19. The molecule has 9 heteroatoms. The zero-order valence-corrected chi connectivity index (χ0v) is 15.0. The van der Waals surface area contributed by atoms with E-state index in [1.165, 1.54) is 24.4 Å². The monoisotopic (exact) mass is 395 g/mol. The maximum atomic E-state index is 15.3. The number of alkyl halides is 2. The number of rotatable bonds is 3. The second-order valence-corrected chi connectivity index (χ2v) is 6.61. The number of aromatic nitrogens is 5. The Kier molecular flexibility index (Phi) is 3.67. The van der Waals surface area contributed by atoms with E-state index in [9.17, 15) is 4.39 Å². The Morgan fingerprint density at radius 1 is 1.07 bits per heavy atom. The van der Waals surface area contributed by atoms with E-state index in [4.69, 9.17) is 4.52 Å². The second-order valence-electron chi connectivity index (χ2n) is 6.61. The molecular formula is C20H12F3N5O. The van der Waals surface area contributed by atoms with Crippen LogP contribution < -0.4 is 0 Å². The number of hydrogen-bond donors (Lipinski definition) is 0. The number of hydrogen-bond acceptors (Lipinski definition) is 5. The van der Waals surface area contributed by atoms with Crippen LogP contribution in [0.25, 0.3) is 27.9 Å². The van der Waals surface area contributed by atoms with Crippen LogP contribution in [0.5, 0.6) is 0 Å². The smallest absolute Gasteiger partial charge is 0.332 e. The van der Waals surface area contributed by atoms with Gasteiger partial charge in [-0.1, -0.05) is 17.3 Å². The van der Waals surface area contributed by atoms with Crippen LogP contribution in [-0.2, 0) is 5.92 Å². The quantitative estimate of drug-likeness (QED) is 0.449. The molecule has 1 aromatic carbocycles. The van der Waals surface area contributed by atoms with Gasteiger partial charge in [0.1, 0.15) is 0 Å². The van der Waals surface area contributed by atoms with Crippen LogP contribution in [0, 0.1) is 12.7 Å². The molecule has 4 aromatic heterocycles.